The molecule has 2 heterocycles. The van der Waals surface area contributed by atoms with Crippen molar-refractivity contribution < 1.29 is 9.18 Å². The Labute approximate surface area is 158 Å². The van der Waals surface area contributed by atoms with Crippen LogP contribution in [0.2, 0.25) is 0 Å². The molecule has 2 aromatic carbocycles. The number of halogens is 1. The molecule has 1 amide bonds. The van der Waals surface area contributed by atoms with Crippen molar-refractivity contribution in [2.75, 3.05) is 0 Å². The van der Waals surface area contributed by atoms with Crippen molar-refractivity contribution >= 4 is 17.1 Å². The van der Waals surface area contributed by atoms with E-state index in [9.17, 15) is 14.0 Å². The van der Waals surface area contributed by atoms with Crippen LogP contribution in [0.15, 0.2) is 65.7 Å². The summed E-state index contributed by atoms with van der Waals surface area (Å²) in [6.07, 6.45) is 1.27. The predicted molar refractivity (Wildman–Crippen MR) is 99.2 cm³/mol. The van der Waals surface area contributed by atoms with Gasteiger partial charge in [0.2, 0.25) is 5.91 Å². The van der Waals surface area contributed by atoms with Crippen molar-refractivity contribution in [3.63, 3.8) is 0 Å². The lowest BCUT2D eigenvalue weighted by molar-refractivity contribution is -0.121. The van der Waals surface area contributed by atoms with Gasteiger partial charge in [-0.1, -0.05) is 41.6 Å². The van der Waals surface area contributed by atoms with Gasteiger partial charge in [-0.2, -0.15) is 4.68 Å². The summed E-state index contributed by atoms with van der Waals surface area (Å²) in [6, 6.07) is 15.3. The SMILES string of the molecule is O=C(Cn1cnc2c(nnn2-c2ccccc2)c1=O)NCc1ccccc1F. The topological polar surface area (TPSA) is 94.7 Å². The van der Waals surface area contributed by atoms with Gasteiger partial charge in [-0.3, -0.25) is 14.2 Å². The zero-order valence-corrected chi connectivity index (χ0v) is 14.6. The third-order valence-corrected chi connectivity index (χ3v) is 4.18. The molecule has 0 aliphatic heterocycles. The Morgan fingerprint density at radius 1 is 1.07 bits per heavy atom. The number of amides is 1. The second kappa shape index (κ2) is 7.39. The normalized spacial score (nSPS) is 10.9. The summed E-state index contributed by atoms with van der Waals surface area (Å²) < 4.78 is 16.2. The fraction of sp³-hybridized carbons (Fsp3) is 0.105. The highest BCUT2D eigenvalue weighted by Gasteiger charge is 2.14. The molecule has 0 saturated carbocycles. The molecule has 0 bridgehead atoms. The van der Waals surface area contributed by atoms with E-state index in [0.717, 1.165) is 10.3 Å². The van der Waals surface area contributed by atoms with Gasteiger partial charge in [-0.05, 0) is 18.2 Å². The van der Waals surface area contributed by atoms with E-state index in [1.54, 1.807) is 18.2 Å². The van der Waals surface area contributed by atoms with E-state index >= 15 is 0 Å². The zero-order valence-electron chi connectivity index (χ0n) is 14.6. The minimum atomic E-state index is -0.478. The molecule has 2 aromatic heterocycles. The number of hydrogen-bond donors (Lipinski definition) is 1. The van der Waals surface area contributed by atoms with Crippen molar-refractivity contribution in [1.29, 1.82) is 0 Å². The highest BCUT2D eigenvalue weighted by atomic mass is 19.1. The van der Waals surface area contributed by atoms with Crippen molar-refractivity contribution in [3.8, 4) is 5.69 Å². The molecule has 0 fully saturated rings. The Hall–Kier alpha value is -3.88. The molecule has 0 radical (unpaired) electrons. The number of carbonyl (C=O) groups excluding carboxylic acids is 1. The minimum absolute atomic E-state index is 0.0279. The summed E-state index contributed by atoms with van der Waals surface area (Å²) in [5.74, 6) is -0.845. The van der Waals surface area contributed by atoms with Crippen molar-refractivity contribution in [2.45, 2.75) is 13.1 Å². The third kappa shape index (κ3) is 3.37. The number of para-hydroxylation sites is 1. The van der Waals surface area contributed by atoms with Crippen LogP contribution in [0, 0.1) is 5.82 Å². The molecule has 0 aliphatic carbocycles. The van der Waals surface area contributed by atoms with Crippen LogP contribution < -0.4 is 10.9 Å². The second-order valence-electron chi connectivity index (χ2n) is 6.05. The molecule has 4 aromatic rings. The van der Waals surface area contributed by atoms with E-state index in [1.807, 2.05) is 30.3 Å². The Kier molecular flexibility index (Phi) is 4.63. The largest absolute Gasteiger partial charge is 0.350 e. The fourth-order valence-corrected chi connectivity index (χ4v) is 2.75. The van der Waals surface area contributed by atoms with Crippen LogP contribution in [0.25, 0.3) is 16.9 Å². The fourth-order valence-electron chi connectivity index (χ4n) is 2.75. The van der Waals surface area contributed by atoms with E-state index in [4.69, 9.17) is 0 Å². The lowest BCUT2D eigenvalue weighted by Crippen LogP contribution is -2.32. The molecule has 1 N–H and O–H groups in total. The van der Waals surface area contributed by atoms with Gasteiger partial charge >= 0.3 is 0 Å². The van der Waals surface area contributed by atoms with Crippen LogP contribution in [0.4, 0.5) is 4.39 Å². The second-order valence-corrected chi connectivity index (χ2v) is 6.05. The van der Waals surface area contributed by atoms with Crippen LogP contribution in [-0.4, -0.2) is 30.5 Å². The van der Waals surface area contributed by atoms with E-state index in [0.29, 0.717) is 11.2 Å². The van der Waals surface area contributed by atoms with Gasteiger partial charge in [0.1, 0.15) is 18.7 Å². The molecule has 0 saturated heterocycles. The van der Waals surface area contributed by atoms with Gasteiger partial charge in [-0.15, -0.1) is 5.10 Å². The van der Waals surface area contributed by atoms with Gasteiger partial charge in [-0.25, -0.2) is 9.37 Å². The summed E-state index contributed by atoms with van der Waals surface area (Å²) in [5.41, 5.74) is 0.973. The highest BCUT2D eigenvalue weighted by molar-refractivity contribution is 5.76. The molecule has 0 atom stereocenters. The number of nitrogens with one attached hydrogen (secondary N) is 1. The summed E-state index contributed by atoms with van der Waals surface area (Å²) in [5, 5.41) is 10.5. The lowest BCUT2D eigenvalue weighted by atomic mass is 10.2. The Bertz CT molecular complexity index is 1200. The van der Waals surface area contributed by atoms with Crippen LogP contribution >= 0.6 is 0 Å². The molecule has 4 rings (SSSR count). The first kappa shape index (κ1) is 17.5. The zero-order chi connectivity index (χ0) is 19.5. The van der Waals surface area contributed by atoms with E-state index in [-0.39, 0.29) is 18.6 Å². The quantitative estimate of drug-likeness (QED) is 0.567. The van der Waals surface area contributed by atoms with Crippen molar-refractivity contribution in [1.82, 2.24) is 29.9 Å². The smallest absolute Gasteiger partial charge is 0.284 e. The average molecular weight is 378 g/mol. The summed E-state index contributed by atoms with van der Waals surface area (Å²) in [7, 11) is 0. The molecular formula is C19H15FN6O2. The van der Waals surface area contributed by atoms with Gasteiger partial charge < -0.3 is 5.32 Å². The summed E-state index contributed by atoms with van der Waals surface area (Å²) >= 11 is 0. The number of nitrogens with zero attached hydrogens (tertiary/aromatic N) is 5. The number of hydrogen-bond acceptors (Lipinski definition) is 5. The maximum atomic E-state index is 13.6. The Morgan fingerprint density at radius 3 is 2.61 bits per heavy atom. The lowest BCUT2D eigenvalue weighted by Gasteiger charge is -2.08. The number of rotatable bonds is 5. The first-order valence-electron chi connectivity index (χ1n) is 8.50. The van der Waals surface area contributed by atoms with Crippen LogP contribution in [0.1, 0.15) is 5.56 Å². The van der Waals surface area contributed by atoms with Crippen molar-refractivity contribution in [2.24, 2.45) is 0 Å². The maximum Gasteiger partial charge on any atom is 0.284 e. The van der Waals surface area contributed by atoms with Crippen LogP contribution in [0.5, 0.6) is 0 Å². The molecule has 28 heavy (non-hydrogen) atoms. The molecule has 0 unspecified atom stereocenters. The first-order valence-corrected chi connectivity index (χ1v) is 8.50. The molecule has 9 heteroatoms. The Morgan fingerprint density at radius 2 is 1.82 bits per heavy atom. The Balaban J connectivity index is 1.53. The molecular weight excluding hydrogens is 363 g/mol. The van der Waals surface area contributed by atoms with Crippen LogP contribution in [-0.2, 0) is 17.9 Å². The number of aromatic nitrogens is 5. The van der Waals surface area contributed by atoms with Crippen LogP contribution in [0.3, 0.4) is 0 Å². The van der Waals surface area contributed by atoms with Crippen molar-refractivity contribution in [3.05, 3.63) is 82.7 Å². The monoisotopic (exact) mass is 378 g/mol. The summed E-state index contributed by atoms with van der Waals surface area (Å²) in [6.45, 7) is -0.228. The first-order chi connectivity index (χ1) is 13.6. The van der Waals surface area contributed by atoms with E-state index in [2.05, 4.69) is 20.6 Å². The van der Waals surface area contributed by atoms with Gasteiger partial charge in [0.25, 0.3) is 5.56 Å². The summed E-state index contributed by atoms with van der Waals surface area (Å²) in [4.78, 5) is 29.0. The molecule has 8 nitrogen and oxygen atoms in total. The van der Waals surface area contributed by atoms with Gasteiger partial charge in [0, 0.05) is 12.1 Å². The molecule has 0 aliphatic rings. The van der Waals surface area contributed by atoms with E-state index < -0.39 is 17.3 Å². The number of carbonyl (C=O) groups is 1. The average Bonchev–Trinajstić information content (AvgIpc) is 3.15. The van der Waals surface area contributed by atoms with Gasteiger partial charge in [0.15, 0.2) is 11.2 Å². The highest BCUT2D eigenvalue weighted by Crippen LogP contribution is 2.11. The molecule has 140 valence electrons. The predicted octanol–water partition coefficient (Wildman–Crippen LogP) is 1.43. The standard InChI is InChI=1S/C19H15FN6O2/c20-15-9-5-4-6-13(15)10-21-16(27)11-25-12-22-18-17(19(25)28)23-24-26(18)14-7-2-1-3-8-14/h1-9,12H,10-11H2,(H,21,27). The molecule has 0 spiro atoms. The maximum absolute atomic E-state index is 13.6. The number of fused-ring (bicyclic) bond motifs is 1. The van der Waals surface area contributed by atoms with Gasteiger partial charge in [0.05, 0.1) is 5.69 Å². The number of benzene rings is 2. The minimum Gasteiger partial charge on any atom is -0.350 e. The third-order valence-electron chi connectivity index (χ3n) is 4.18. The van der Waals surface area contributed by atoms with E-state index in [1.165, 1.54) is 17.1 Å².